The maximum Gasteiger partial charge on any atom is 0.349 e. The van der Waals surface area contributed by atoms with E-state index in [4.69, 9.17) is 11.4 Å². The van der Waals surface area contributed by atoms with Crippen LogP contribution in [0.25, 0.3) is 11.0 Å². The summed E-state index contributed by atoms with van der Waals surface area (Å²) in [6.45, 7) is 3.48. The van der Waals surface area contributed by atoms with E-state index >= 15 is 0 Å². The van der Waals surface area contributed by atoms with Crippen LogP contribution in [0.3, 0.4) is 0 Å². The lowest BCUT2D eigenvalue weighted by atomic mass is 9.90. The van der Waals surface area contributed by atoms with Crippen LogP contribution in [0, 0.1) is 0 Å². The van der Waals surface area contributed by atoms with Crippen LogP contribution in [0.1, 0.15) is 61.8 Å². The average molecular weight is 367 g/mol. The van der Waals surface area contributed by atoms with E-state index in [1.165, 1.54) is 5.56 Å². The van der Waals surface area contributed by atoms with Gasteiger partial charge in [-0.3, -0.25) is 4.98 Å². The van der Waals surface area contributed by atoms with E-state index in [0.29, 0.717) is 13.1 Å². The Morgan fingerprint density at radius 2 is 2.26 bits per heavy atom. The Labute approximate surface area is 163 Å². The second kappa shape index (κ2) is 8.19. The van der Waals surface area contributed by atoms with E-state index in [1.54, 1.807) is 0 Å². The molecule has 1 aromatic carbocycles. The number of benzene rings is 1. The molecule has 0 radical (unpaired) electrons. The number of imidazole rings is 1. The molecular weight excluding hydrogens is 334 g/mol. The number of aryl methyl sites for hydroxylation is 1. The minimum absolute atomic E-state index is 0.0344. The van der Waals surface area contributed by atoms with Crippen molar-refractivity contribution < 1.29 is 7.72 Å². The molecule has 2 aromatic heterocycles. The van der Waals surface area contributed by atoms with Crippen LogP contribution >= 0.6 is 0 Å². The molecule has 2 heterocycles. The fourth-order valence-corrected chi connectivity index (χ4v) is 4.27. The van der Waals surface area contributed by atoms with Gasteiger partial charge < -0.3 is 15.6 Å². The molecule has 0 fully saturated rings. The first-order valence-electron chi connectivity index (χ1n) is 11.0. The van der Waals surface area contributed by atoms with Gasteiger partial charge in [0.05, 0.1) is 17.6 Å². The fraction of sp³-hybridized carbons (Fsp3) is 0.455. The van der Waals surface area contributed by atoms with Crippen molar-refractivity contribution in [1.82, 2.24) is 15.0 Å². The normalized spacial score (nSPS) is 21.1. The zero-order chi connectivity index (χ0) is 20.3. The number of para-hydroxylation sites is 2. The van der Waals surface area contributed by atoms with Crippen molar-refractivity contribution in [3.8, 4) is 0 Å². The lowest BCUT2D eigenvalue weighted by Gasteiger charge is -2.35. The molecule has 0 saturated carbocycles. The molecule has 5 nitrogen and oxygen atoms in total. The van der Waals surface area contributed by atoms with Gasteiger partial charge in [-0.1, -0.05) is 18.2 Å². The number of nitrogens with two attached hydrogens (primary N) is 1. The molecule has 3 aromatic rings. The molecule has 4 rings (SSSR count). The van der Waals surface area contributed by atoms with Crippen LogP contribution in [0.5, 0.6) is 0 Å². The zero-order valence-electron chi connectivity index (χ0n) is 18.0. The summed E-state index contributed by atoms with van der Waals surface area (Å²) in [6, 6.07) is 12.1. The van der Waals surface area contributed by atoms with Gasteiger partial charge in [0, 0.05) is 12.6 Å². The van der Waals surface area contributed by atoms with Gasteiger partial charge >= 0.3 is 1.41 Å². The molecule has 5 heteroatoms. The maximum atomic E-state index is 9.67. The smallest absolute Gasteiger partial charge is 0.337 e. The van der Waals surface area contributed by atoms with Crippen molar-refractivity contribution in [3.05, 3.63) is 59.7 Å². The van der Waals surface area contributed by atoms with E-state index in [9.17, 15) is 1.41 Å². The van der Waals surface area contributed by atoms with Crippen LogP contribution in [-0.4, -0.2) is 28.0 Å². The number of rotatable bonds is 8. The molecule has 27 heavy (non-hydrogen) atoms. The molecule has 1 aliphatic rings. The molecule has 3 atom stereocenters. The Kier molecular flexibility index (Phi) is 4.79. The summed E-state index contributed by atoms with van der Waals surface area (Å²) in [5.41, 5.74) is 6.80. The topological polar surface area (TPSA) is 72.0 Å². The highest BCUT2D eigenvalue weighted by atomic mass is 15.2. The number of hydrogen-bond acceptors (Lipinski definition) is 3. The van der Waals surface area contributed by atoms with Crippen LogP contribution in [0.4, 0.5) is 0 Å². The summed E-state index contributed by atoms with van der Waals surface area (Å²) < 4.78 is 16.9. The summed E-state index contributed by atoms with van der Waals surface area (Å²) in [5, 5.41) is 0. The molecule has 4 N–H and O–H groups in total. The fourth-order valence-electron chi connectivity index (χ4n) is 4.27. The number of aromatic nitrogens is 3. The lowest BCUT2D eigenvalue weighted by molar-refractivity contribution is -0.962. The van der Waals surface area contributed by atoms with Crippen LogP contribution in [-0.2, 0) is 6.42 Å². The molecule has 1 aliphatic carbocycles. The third-order valence-corrected chi connectivity index (χ3v) is 5.71. The third-order valence-electron chi connectivity index (χ3n) is 5.71. The van der Waals surface area contributed by atoms with Gasteiger partial charge in [-0.15, -0.1) is 0 Å². The molecule has 0 amide bonds. The Morgan fingerprint density at radius 1 is 1.33 bits per heavy atom. The number of quaternary nitrogens is 1. The second-order valence-corrected chi connectivity index (χ2v) is 7.47. The molecule has 0 bridgehead atoms. The highest BCUT2D eigenvalue weighted by molar-refractivity contribution is 5.74. The Balaban J connectivity index is 1.70. The Bertz CT molecular complexity index is 926. The van der Waals surface area contributed by atoms with Crippen molar-refractivity contribution in [3.63, 3.8) is 0 Å². The molecule has 0 saturated heterocycles. The predicted molar refractivity (Wildman–Crippen MR) is 109 cm³/mol. The summed E-state index contributed by atoms with van der Waals surface area (Å²) in [6.07, 6.45) is 6.73. The summed E-state index contributed by atoms with van der Waals surface area (Å²) in [7, 11) is 0. The van der Waals surface area contributed by atoms with E-state index in [0.717, 1.165) is 54.7 Å². The van der Waals surface area contributed by atoms with Crippen LogP contribution < -0.4 is 10.6 Å². The Hall–Kier alpha value is -2.24. The highest BCUT2D eigenvalue weighted by Crippen LogP contribution is 2.27. The number of hydrogen-bond donors (Lipinski definition) is 3. The molecule has 3 unspecified atom stereocenters. The molecule has 0 spiro atoms. The number of unbranched alkanes of at least 4 members (excludes halogenated alkanes) is 1. The predicted octanol–water partition coefficient (Wildman–Crippen LogP) is 2.72. The standard InChI is InChI=1S/C22H29N5/c1-16(22-25-18-10-2-3-11-19(18)26-22)27(15-5-4-13-23)20-12-6-8-17-9-7-14-24-21(17)20/h2-3,7,9-11,14,16,20H,4-6,8,12-13,15,23H2,1H3,(H,25,26)/p+1/i/hD2. The number of nitrogens with zero attached hydrogens (tertiary/aromatic N) is 2. The van der Waals surface area contributed by atoms with E-state index in [2.05, 4.69) is 23.7 Å². The van der Waals surface area contributed by atoms with Crippen LogP contribution in [0.15, 0.2) is 42.6 Å². The lowest BCUT2D eigenvalue weighted by Crippen LogP contribution is -3.12. The summed E-state index contributed by atoms with van der Waals surface area (Å²) in [5.74, 6) is 0.864. The van der Waals surface area contributed by atoms with Crippen LogP contribution in [0.2, 0.25) is 2.82 Å². The third kappa shape index (κ3) is 3.75. The Morgan fingerprint density at radius 3 is 3.15 bits per heavy atom. The van der Waals surface area contributed by atoms with Gasteiger partial charge in [0.15, 0.2) is 5.82 Å². The highest BCUT2D eigenvalue weighted by Gasteiger charge is 2.35. The minimum atomic E-state index is -0.107. The van der Waals surface area contributed by atoms with Gasteiger partial charge in [0.1, 0.15) is 19.2 Å². The number of aromatic amines is 1. The van der Waals surface area contributed by atoms with E-state index in [1.807, 2.05) is 36.5 Å². The number of fused-ring (bicyclic) bond motifs is 2. The molecule has 142 valence electrons. The van der Waals surface area contributed by atoms with Crippen molar-refractivity contribution in [2.45, 2.75) is 51.1 Å². The van der Waals surface area contributed by atoms with Crippen molar-refractivity contribution >= 4 is 11.0 Å². The maximum absolute atomic E-state index is 9.67. The number of nitrogens with one attached hydrogen (secondary N) is 2. The summed E-state index contributed by atoms with van der Waals surface area (Å²) in [4.78, 5) is 13.1. The first-order valence-corrected chi connectivity index (χ1v) is 10.1. The zero-order valence-corrected chi connectivity index (χ0v) is 16.0. The van der Waals surface area contributed by atoms with E-state index in [-0.39, 0.29) is 17.0 Å². The number of pyridine rings is 1. The van der Waals surface area contributed by atoms with E-state index < -0.39 is 0 Å². The van der Waals surface area contributed by atoms with Crippen molar-refractivity contribution in [1.29, 1.82) is 0 Å². The van der Waals surface area contributed by atoms with Gasteiger partial charge in [0.2, 0.25) is 0 Å². The summed E-state index contributed by atoms with van der Waals surface area (Å²) >= 11 is 0. The monoisotopic (exact) mass is 366 g/mol. The first kappa shape index (κ1) is 15.8. The molecular formula is C22H30N5+. The van der Waals surface area contributed by atoms with Gasteiger partial charge in [-0.2, -0.15) is 0 Å². The molecule has 0 aliphatic heterocycles. The van der Waals surface area contributed by atoms with Gasteiger partial charge in [-0.05, 0) is 62.9 Å². The van der Waals surface area contributed by atoms with Crippen molar-refractivity contribution in [2.75, 3.05) is 13.1 Å². The first-order chi connectivity index (χ1) is 14.1. The quantitative estimate of drug-likeness (QED) is 0.537. The van der Waals surface area contributed by atoms with Crippen molar-refractivity contribution in [2.24, 2.45) is 5.73 Å². The SMILES string of the molecule is [2H]NCCCC[N+]([2H])(C(C)c1nc2ccccc2[nH]1)C1CCCc2cccnc21. The van der Waals surface area contributed by atoms with Gasteiger partial charge in [-0.25, -0.2) is 4.98 Å². The minimum Gasteiger partial charge on any atom is -0.337 e. The van der Waals surface area contributed by atoms with Gasteiger partial charge in [0.25, 0.3) is 0 Å². The second-order valence-electron chi connectivity index (χ2n) is 7.47. The average Bonchev–Trinajstić information content (AvgIpc) is 3.20. The largest absolute Gasteiger partial charge is 0.349 e. The number of H-pyrrole nitrogens is 1.